The first-order valence-electron chi connectivity index (χ1n) is 6.39. The number of carbonyl (C=O) groups is 2. The number of thiophene rings is 1. The van der Waals surface area contributed by atoms with Crippen molar-refractivity contribution in [2.75, 3.05) is 11.9 Å². The smallest absolute Gasteiger partial charge is 0.338 e. The standard InChI is InChI=1S/C13H18N2O3S/c1-8(2)10-4-3-6-15(10)13(18)14-11-9(12(16)17)5-7-19-11/h5,7-8,10H,3-4,6H2,1-2H3,(H,14,18)(H,16,17). The molecular weight excluding hydrogens is 264 g/mol. The van der Waals surface area contributed by atoms with Crippen molar-refractivity contribution in [3.63, 3.8) is 0 Å². The third kappa shape index (κ3) is 2.89. The summed E-state index contributed by atoms with van der Waals surface area (Å²) in [7, 11) is 0. The fourth-order valence-electron chi connectivity index (χ4n) is 2.48. The first kappa shape index (κ1) is 13.9. The van der Waals surface area contributed by atoms with Gasteiger partial charge >= 0.3 is 12.0 Å². The Hall–Kier alpha value is -1.56. The highest BCUT2D eigenvalue weighted by Gasteiger charge is 2.31. The monoisotopic (exact) mass is 282 g/mol. The van der Waals surface area contributed by atoms with Gasteiger partial charge in [-0.05, 0) is 30.2 Å². The SMILES string of the molecule is CC(C)C1CCCN1C(=O)Nc1sccc1C(=O)O. The number of amides is 2. The predicted molar refractivity (Wildman–Crippen MR) is 74.9 cm³/mol. The Morgan fingerprint density at radius 3 is 2.89 bits per heavy atom. The van der Waals surface area contributed by atoms with E-state index in [9.17, 15) is 9.59 Å². The lowest BCUT2D eigenvalue weighted by atomic mass is 10.0. The lowest BCUT2D eigenvalue weighted by Crippen LogP contribution is -2.41. The van der Waals surface area contributed by atoms with Crippen molar-refractivity contribution in [2.24, 2.45) is 5.92 Å². The molecule has 0 saturated carbocycles. The predicted octanol–water partition coefficient (Wildman–Crippen LogP) is 3.10. The van der Waals surface area contributed by atoms with Crippen molar-refractivity contribution < 1.29 is 14.7 Å². The summed E-state index contributed by atoms with van der Waals surface area (Å²) in [5.41, 5.74) is 0.152. The van der Waals surface area contributed by atoms with Crippen molar-refractivity contribution in [3.8, 4) is 0 Å². The fourth-order valence-corrected chi connectivity index (χ4v) is 3.25. The summed E-state index contributed by atoms with van der Waals surface area (Å²) in [6, 6.07) is 1.56. The molecule has 2 N–H and O–H groups in total. The number of carbonyl (C=O) groups excluding carboxylic acids is 1. The van der Waals surface area contributed by atoms with Crippen LogP contribution in [0.15, 0.2) is 11.4 Å². The van der Waals surface area contributed by atoms with Gasteiger partial charge in [-0.1, -0.05) is 13.8 Å². The van der Waals surface area contributed by atoms with Gasteiger partial charge in [0.2, 0.25) is 0 Å². The summed E-state index contributed by atoms with van der Waals surface area (Å²) >= 11 is 1.24. The molecule has 1 aromatic heterocycles. The number of hydrogen-bond donors (Lipinski definition) is 2. The van der Waals surface area contributed by atoms with Crippen molar-refractivity contribution in [1.82, 2.24) is 4.90 Å². The van der Waals surface area contributed by atoms with Crippen LogP contribution in [0.1, 0.15) is 37.0 Å². The summed E-state index contributed by atoms with van der Waals surface area (Å²) in [5.74, 6) is -0.603. The van der Waals surface area contributed by atoms with Crippen molar-refractivity contribution in [2.45, 2.75) is 32.7 Å². The topological polar surface area (TPSA) is 69.6 Å². The van der Waals surface area contributed by atoms with Crippen molar-refractivity contribution in [1.29, 1.82) is 0 Å². The number of likely N-dealkylation sites (tertiary alicyclic amines) is 1. The molecule has 104 valence electrons. The Kier molecular flexibility index (Phi) is 4.09. The summed E-state index contributed by atoms with van der Waals surface area (Å²) < 4.78 is 0. The molecule has 0 radical (unpaired) electrons. The van der Waals surface area contributed by atoms with Crippen LogP contribution in [0.3, 0.4) is 0 Å². The number of carboxylic acid groups (broad SMARTS) is 1. The minimum Gasteiger partial charge on any atom is -0.478 e. The van der Waals surface area contributed by atoms with Gasteiger partial charge < -0.3 is 10.0 Å². The summed E-state index contributed by atoms with van der Waals surface area (Å²) in [5, 5.41) is 13.8. The van der Waals surface area contributed by atoms with Gasteiger partial charge in [-0.2, -0.15) is 0 Å². The van der Waals surface area contributed by atoms with E-state index in [0.29, 0.717) is 10.9 Å². The molecule has 0 aliphatic carbocycles. The van der Waals surface area contributed by atoms with E-state index < -0.39 is 5.97 Å². The van der Waals surface area contributed by atoms with E-state index in [1.54, 1.807) is 5.38 Å². The van der Waals surface area contributed by atoms with E-state index in [2.05, 4.69) is 19.2 Å². The zero-order chi connectivity index (χ0) is 14.0. The van der Waals surface area contributed by atoms with Crippen molar-refractivity contribution in [3.05, 3.63) is 17.0 Å². The summed E-state index contributed by atoms with van der Waals surface area (Å²) in [6.45, 7) is 4.94. The molecule has 1 saturated heterocycles. The molecule has 0 spiro atoms. The second-order valence-corrected chi connectivity index (χ2v) is 5.96. The zero-order valence-corrected chi connectivity index (χ0v) is 11.9. The van der Waals surface area contributed by atoms with Gasteiger partial charge in [0.1, 0.15) is 5.00 Å². The van der Waals surface area contributed by atoms with Gasteiger partial charge in [0.05, 0.1) is 5.56 Å². The summed E-state index contributed by atoms with van der Waals surface area (Å²) in [6.07, 6.45) is 2.02. The minimum absolute atomic E-state index is 0.152. The molecule has 1 fully saturated rings. The third-order valence-corrected chi connectivity index (χ3v) is 4.28. The van der Waals surface area contributed by atoms with E-state index in [4.69, 9.17) is 5.11 Å². The number of aromatic carboxylic acids is 1. The second kappa shape index (κ2) is 5.61. The molecule has 2 amide bonds. The Balaban J connectivity index is 2.08. The molecule has 1 aliphatic heterocycles. The highest BCUT2D eigenvalue weighted by atomic mass is 32.1. The lowest BCUT2D eigenvalue weighted by Gasteiger charge is -2.27. The van der Waals surface area contributed by atoms with Gasteiger partial charge in [-0.15, -0.1) is 11.3 Å². The van der Waals surface area contributed by atoms with Crippen LogP contribution in [0.2, 0.25) is 0 Å². The van der Waals surface area contributed by atoms with Crippen LogP contribution >= 0.6 is 11.3 Å². The van der Waals surface area contributed by atoms with E-state index in [-0.39, 0.29) is 17.6 Å². The van der Waals surface area contributed by atoms with E-state index in [1.807, 2.05) is 4.90 Å². The third-order valence-electron chi connectivity index (χ3n) is 3.45. The van der Waals surface area contributed by atoms with Crippen LogP contribution in [-0.2, 0) is 0 Å². The van der Waals surface area contributed by atoms with Crippen LogP contribution < -0.4 is 5.32 Å². The molecule has 2 heterocycles. The number of nitrogens with one attached hydrogen (secondary N) is 1. The molecule has 1 aromatic rings. The van der Waals surface area contributed by atoms with Gasteiger partial charge in [0.25, 0.3) is 0 Å². The second-order valence-electron chi connectivity index (χ2n) is 5.05. The van der Waals surface area contributed by atoms with Crippen LogP contribution in [0.4, 0.5) is 9.80 Å². The molecule has 2 rings (SSSR count). The van der Waals surface area contributed by atoms with E-state index in [1.165, 1.54) is 17.4 Å². The van der Waals surface area contributed by atoms with E-state index in [0.717, 1.165) is 19.4 Å². The average molecular weight is 282 g/mol. The van der Waals surface area contributed by atoms with Gasteiger partial charge in [-0.3, -0.25) is 5.32 Å². The first-order valence-corrected chi connectivity index (χ1v) is 7.27. The maximum absolute atomic E-state index is 12.2. The first-order chi connectivity index (χ1) is 9.00. The number of rotatable bonds is 3. The van der Waals surface area contributed by atoms with Crippen LogP contribution in [0.5, 0.6) is 0 Å². The number of nitrogens with zero attached hydrogens (tertiary/aromatic N) is 1. The largest absolute Gasteiger partial charge is 0.478 e. The Labute approximate surface area is 116 Å². The minimum atomic E-state index is -1.02. The van der Waals surface area contributed by atoms with E-state index >= 15 is 0 Å². The highest BCUT2D eigenvalue weighted by molar-refractivity contribution is 7.14. The Morgan fingerprint density at radius 2 is 2.26 bits per heavy atom. The van der Waals surface area contributed by atoms with Crippen LogP contribution in [-0.4, -0.2) is 34.6 Å². The fraction of sp³-hybridized carbons (Fsp3) is 0.538. The molecule has 0 bridgehead atoms. The maximum atomic E-state index is 12.2. The Morgan fingerprint density at radius 1 is 1.53 bits per heavy atom. The molecule has 6 heteroatoms. The molecule has 5 nitrogen and oxygen atoms in total. The highest BCUT2D eigenvalue weighted by Crippen LogP contribution is 2.27. The number of carboxylic acids is 1. The van der Waals surface area contributed by atoms with Crippen LogP contribution in [0, 0.1) is 5.92 Å². The normalized spacial score (nSPS) is 18.9. The number of anilines is 1. The number of urea groups is 1. The van der Waals surface area contributed by atoms with Crippen LogP contribution in [0.25, 0.3) is 0 Å². The lowest BCUT2D eigenvalue weighted by molar-refractivity contribution is 0.0698. The molecule has 19 heavy (non-hydrogen) atoms. The molecule has 1 aliphatic rings. The Bertz CT molecular complexity index is 484. The van der Waals surface area contributed by atoms with Gasteiger partial charge in [-0.25, -0.2) is 9.59 Å². The van der Waals surface area contributed by atoms with Crippen molar-refractivity contribution >= 4 is 28.3 Å². The molecule has 1 unspecified atom stereocenters. The molecule has 1 atom stereocenters. The quantitative estimate of drug-likeness (QED) is 0.895. The van der Waals surface area contributed by atoms with Gasteiger partial charge in [0, 0.05) is 12.6 Å². The molecule has 0 aromatic carbocycles. The average Bonchev–Trinajstić information content (AvgIpc) is 2.96. The van der Waals surface area contributed by atoms with Gasteiger partial charge in [0.15, 0.2) is 0 Å². The number of hydrogen-bond acceptors (Lipinski definition) is 3. The maximum Gasteiger partial charge on any atom is 0.338 e. The molecular formula is C13H18N2O3S. The zero-order valence-electron chi connectivity index (χ0n) is 11.0. The summed E-state index contributed by atoms with van der Waals surface area (Å²) in [4.78, 5) is 25.0.